The third-order valence-electron chi connectivity index (χ3n) is 5.78. The Bertz CT molecular complexity index is 509. The molecule has 0 aliphatic rings. The van der Waals surface area contributed by atoms with Gasteiger partial charge in [0.1, 0.15) is 0 Å². The van der Waals surface area contributed by atoms with Crippen molar-refractivity contribution in [1.82, 2.24) is 0 Å². The summed E-state index contributed by atoms with van der Waals surface area (Å²) in [6.45, 7) is 4.50. The van der Waals surface area contributed by atoms with Crippen molar-refractivity contribution < 1.29 is 20.1 Å². The summed E-state index contributed by atoms with van der Waals surface area (Å²) in [5.41, 5.74) is 0. The van der Waals surface area contributed by atoms with Crippen LogP contribution in [0.1, 0.15) is 123 Å². The standard InChI is InChI=1S/C21H42O2.C6H6O2/c1-3-5-7-9-11-12-14-16-18-20(19-21(22)23)17-15-13-10-8-6-4-2;7-5-3-1-2-4-6(5)8/h20H,3-19H2,1-2H3,(H,22,23);1-4,7-8H. The number of carbonyl (C=O) groups is 1. The molecule has 1 aromatic carbocycles. The number of rotatable bonds is 18. The van der Waals surface area contributed by atoms with Crippen molar-refractivity contribution in [3.8, 4) is 11.5 Å². The molecule has 3 N–H and O–H groups in total. The highest BCUT2D eigenvalue weighted by atomic mass is 16.4. The van der Waals surface area contributed by atoms with Gasteiger partial charge in [0.05, 0.1) is 0 Å². The Kier molecular flexibility index (Phi) is 20.3. The van der Waals surface area contributed by atoms with E-state index < -0.39 is 5.97 Å². The van der Waals surface area contributed by atoms with Crippen molar-refractivity contribution in [2.24, 2.45) is 5.92 Å². The summed E-state index contributed by atoms with van der Waals surface area (Å²) in [6, 6.07) is 6.15. The lowest BCUT2D eigenvalue weighted by atomic mass is 9.91. The van der Waals surface area contributed by atoms with Crippen LogP contribution in [0.5, 0.6) is 11.5 Å². The molecule has 4 nitrogen and oxygen atoms in total. The first-order valence-electron chi connectivity index (χ1n) is 12.7. The first-order valence-corrected chi connectivity index (χ1v) is 12.7. The molecule has 1 atom stereocenters. The molecule has 0 spiro atoms. The molecule has 0 aliphatic carbocycles. The fourth-order valence-corrected chi connectivity index (χ4v) is 3.84. The molecule has 1 unspecified atom stereocenters. The number of carboxylic acid groups (broad SMARTS) is 1. The molecule has 31 heavy (non-hydrogen) atoms. The average Bonchev–Trinajstić information content (AvgIpc) is 2.74. The van der Waals surface area contributed by atoms with E-state index in [9.17, 15) is 4.79 Å². The van der Waals surface area contributed by atoms with E-state index in [-0.39, 0.29) is 11.5 Å². The second-order valence-corrected chi connectivity index (χ2v) is 8.77. The molecule has 0 bridgehead atoms. The van der Waals surface area contributed by atoms with E-state index in [0.717, 1.165) is 12.8 Å². The van der Waals surface area contributed by atoms with Crippen LogP contribution in [0.2, 0.25) is 0 Å². The average molecular weight is 437 g/mol. The van der Waals surface area contributed by atoms with Gasteiger partial charge in [-0.3, -0.25) is 4.79 Å². The van der Waals surface area contributed by atoms with Crippen molar-refractivity contribution >= 4 is 5.97 Å². The Morgan fingerprint density at radius 2 is 1.03 bits per heavy atom. The monoisotopic (exact) mass is 436 g/mol. The van der Waals surface area contributed by atoms with Crippen LogP contribution >= 0.6 is 0 Å². The number of unbranched alkanes of at least 4 members (excludes halogenated alkanes) is 12. The molecule has 4 heteroatoms. The second kappa shape index (κ2) is 21.5. The van der Waals surface area contributed by atoms with Gasteiger partial charge in [-0.2, -0.15) is 0 Å². The smallest absolute Gasteiger partial charge is 0.303 e. The van der Waals surface area contributed by atoms with Crippen molar-refractivity contribution in [2.75, 3.05) is 0 Å². The first-order chi connectivity index (χ1) is 15.0. The Balaban J connectivity index is 0.000000929. The van der Waals surface area contributed by atoms with Crippen molar-refractivity contribution in [2.45, 2.75) is 123 Å². The van der Waals surface area contributed by atoms with E-state index in [1.165, 1.54) is 102 Å². The van der Waals surface area contributed by atoms with Gasteiger partial charge in [0.25, 0.3) is 0 Å². The van der Waals surface area contributed by atoms with E-state index in [1.54, 1.807) is 12.1 Å². The Hall–Kier alpha value is -1.71. The minimum absolute atomic E-state index is 0.0764. The molecule has 0 saturated heterocycles. The molecular formula is C27H48O4. The number of phenols is 2. The van der Waals surface area contributed by atoms with Crippen LogP contribution in [-0.4, -0.2) is 21.3 Å². The van der Waals surface area contributed by atoms with Crippen molar-refractivity contribution in [3.63, 3.8) is 0 Å². The maximum absolute atomic E-state index is 11.0. The third kappa shape index (κ3) is 20.0. The molecule has 180 valence electrons. The van der Waals surface area contributed by atoms with Crippen molar-refractivity contribution in [3.05, 3.63) is 24.3 Å². The maximum atomic E-state index is 11.0. The Labute approximate surface area is 191 Å². The zero-order chi connectivity index (χ0) is 23.2. The van der Waals surface area contributed by atoms with E-state index in [0.29, 0.717) is 12.3 Å². The predicted octanol–water partition coefficient (Wildman–Crippen LogP) is 8.46. The quantitative estimate of drug-likeness (QED) is 0.159. The van der Waals surface area contributed by atoms with E-state index in [4.69, 9.17) is 15.3 Å². The number of hydrogen-bond donors (Lipinski definition) is 3. The largest absolute Gasteiger partial charge is 0.504 e. The minimum Gasteiger partial charge on any atom is -0.504 e. The molecule has 0 aliphatic heterocycles. The van der Waals surface area contributed by atoms with Crippen LogP contribution < -0.4 is 0 Å². The predicted molar refractivity (Wildman–Crippen MR) is 131 cm³/mol. The molecule has 0 amide bonds. The molecule has 1 rings (SSSR count). The number of aliphatic carboxylic acids is 1. The topological polar surface area (TPSA) is 77.8 Å². The summed E-state index contributed by atoms with van der Waals surface area (Å²) in [4.78, 5) is 11.0. The van der Waals surface area contributed by atoms with Crippen LogP contribution in [0, 0.1) is 5.92 Å². The lowest BCUT2D eigenvalue weighted by Crippen LogP contribution is -2.08. The molecule has 0 heterocycles. The summed E-state index contributed by atoms with van der Waals surface area (Å²) < 4.78 is 0. The number of carboxylic acids is 1. The lowest BCUT2D eigenvalue weighted by molar-refractivity contribution is -0.138. The Morgan fingerprint density at radius 1 is 0.677 bits per heavy atom. The number of phenolic OH excluding ortho intramolecular Hbond substituents is 2. The maximum Gasteiger partial charge on any atom is 0.303 e. The summed E-state index contributed by atoms with van der Waals surface area (Å²) in [6.07, 6.45) is 21.1. The van der Waals surface area contributed by atoms with Gasteiger partial charge in [-0.1, -0.05) is 116 Å². The molecule has 1 aromatic rings. The number of para-hydroxylation sites is 2. The SMILES string of the molecule is CCCCCCCCCCC(CCCCCCCC)CC(=O)O.Oc1ccccc1O. The van der Waals surface area contributed by atoms with Crippen LogP contribution in [-0.2, 0) is 4.79 Å². The summed E-state index contributed by atoms with van der Waals surface area (Å²) in [5, 5.41) is 26.4. The third-order valence-corrected chi connectivity index (χ3v) is 5.78. The minimum atomic E-state index is -0.611. The van der Waals surface area contributed by atoms with Gasteiger partial charge in [0, 0.05) is 6.42 Å². The van der Waals surface area contributed by atoms with E-state index in [1.807, 2.05) is 0 Å². The second-order valence-electron chi connectivity index (χ2n) is 8.77. The zero-order valence-electron chi connectivity index (χ0n) is 20.2. The van der Waals surface area contributed by atoms with Gasteiger partial charge in [0.2, 0.25) is 0 Å². The highest BCUT2D eigenvalue weighted by Crippen LogP contribution is 2.22. The van der Waals surface area contributed by atoms with Gasteiger partial charge < -0.3 is 15.3 Å². The number of aromatic hydroxyl groups is 2. The van der Waals surface area contributed by atoms with Crippen molar-refractivity contribution in [1.29, 1.82) is 0 Å². The number of hydrogen-bond acceptors (Lipinski definition) is 3. The summed E-state index contributed by atoms with van der Waals surface area (Å²) in [7, 11) is 0. The van der Waals surface area contributed by atoms with E-state index >= 15 is 0 Å². The highest BCUT2D eigenvalue weighted by Gasteiger charge is 2.12. The number of benzene rings is 1. The fourth-order valence-electron chi connectivity index (χ4n) is 3.84. The van der Waals surface area contributed by atoms with Gasteiger partial charge in [-0.15, -0.1) is 0 Å². The lowest BCUT2D eigenvalue weighted by Gasteiger charge is -2.14. The zero-order valence-corrected chi connectivity index (χ0v) is 20.2. The summed E-state index contributed by atoms with van der Waals surface area (Å²) >= 11 is 0. The summed E-state index contributed by atoms with van der Waals surface area (Å²) in [5.74, 6) is -0.348. The van der Waals surface area contributed by atoms with Crippen LogP contribution in [0.4, 0.5) is 0 Å². The van der Waals surface area contributed by atoms with Gasteiger partial charge in [-0.25, -0.2) is 0 Å². The van der Waals surface area contributed by atoms with Gasteiger partial charge >= 0.3 is 5.97 Å². The molecule has 0 radical (unpaired) electrons. The molecule has 0 fully saturated rings. The molecule has 0 saturated carbocycles. The van der Waals surface area contributed by atoms with E-state index in [2.05, 4.69) is 13.8 Å². The van der Waals surface area contributed by atoms with Crippen LogP contribution in [0.3, 0.4) is 0 Å². The van der Waals surface area contributed by atoms with Crippen LogP contribution in [0.15, 0.2) is 24.3 Å². The Morgan fingerprint density at radius 3 is 1.35 bits per heavy atom. The fraction of sp³-hybridized carbons (Fsp3) is 0.741. The highest BCUT2D eigenvalue weighted by molar-refractivity contribution is 5.66. The molecular weight excluding hydrogens is 388 g/mol. The van der Waals surface area contributed by atoms with Gasteiger partial charge in [0.15, 0.2) is 11.5 Å². The normalized spacial score (nSPS) is 11.5. The molecule has 0 aromatic heterocycles. The first kappa shape index (κ1) is 29.3. The van der Waals surface area contributed by atoms with Crippen LogP contribution in [0.25, 0.3) is 0 Å². The van der Waals surface area contributed by atoms with Gasteiger partial charge in [-0.05, 0) is 30.9 Å².